The molecular formula is C14H15N. The zero-order valence-electron chi connectivity index (χ0n) is 8.74. The first-order valence-electron chi connectivity index (χ1n) is 5.21. The molecule has 0 saturated heterocycles. The minimum absolute atomic E-state index is 0.942. The fourth-order valence-electron chi connectivity index (χ4n) is 1.63. The van der Waals surface area contributed by atoms with Crippen molar-refractivity contribution in [2.75, 3.05) is 5.32 Å². The molecule has 0 saturated carbocycles. The van der Waals surface area contributed by atoms with E-state index in [1.54, 1.807) is 0 Å². The maximum Gasteiger partial charge on any atom is 0.0419 e. The molecule has 0 spiro atoms. The van der Waals surface area contributed by atoms with Gasteiger partial charge in [0, 0.05) is 11.4 Å². The van der Waals surface area contributed by atoms with Crippen LogP contribution in [0.1, 0.15) is 12.0 Å². The lowest BCUT2D eigenvalue weighted by molar-refractivity contribution is 1.22. The minimum atomic E-state index is 0.942. The van der Waals surface area contributed by atoms with E-state index in [9.17, 15) is 0 Å². The van der Waals surface area contributed by atoms with Gasteiger partial charge < -0.3 is 5.32 Å². The Morgan fingerprint density at radius 3 is 2.87 bits per heavy atom. The molecule has 0 amide bonds. The summed E-state index contributed by atoms with van der Waals surface area (Å²) in [5.74, 6) is 0. The van der Waals surface area contributed by atoms with Crippen molar-refractivity contribution in [3.8, 4) is 0 Å². The van der Waals surface area contributed by atoms with Crippen molar-refractivity contribution in [2.45, 2.75) is 12.8 Å². The monoisotopic (exact) mass is 197 g/mol. The van der Waals surface area contributed by atoms with Crippen LogP contribution in [0, 0.1) is 0 Å². The van der Waals surface area contributed by atoms with Crippen molar-refractivity contribution in [3.63, 3.8) is 0 Å². The summed E-state index contributed by atoms with van der Waals surface area (Å²) in [4.78, 5) is 0. The number of nitrogens with one attached hydrogen (secondary N) is 1. The Hall–Kier alpha value is -1.76. The molecule has 2 rings (SSSR count). The van der Waals surface area contributed by atoms with Gasteiger partial charge in [-0.2, -0.15) is 0 Å². The van der Waals surface area contributed by atoms with Crippen LogP contribution in [0.5, 0.6) is 0 Å². The molecule has 76 valence electrons. The van der Waals surface area contributed by atoms with E-state index < -0.39 is 0 Å². The SMILES string of the molecule is C=C1/C=C\CC=CCc2ccccc2N1. The summed E-state index contributed by atoms with van der Waals surface area (Å²) in [5, 5.41) is 3.31. The van der Waals surface area contributed by atoms with Crippen molar-refractivity contribution < 1.29 is 0 Å². The van der Waals surface area contributed by atoms with Crippen molar-refractivity contribution in [1.29, 1.82) is 0 Å². The highest BCUT2D eigenvalue weighted by molar-refractivity contribution is 5.56. The fraction of sp³-hybridized carbons (Fsp3) is 0.143. The number of allylic oxidation sites excluding steroid dienone is 4. The van der Waals surface area contributed by atoms with Gasteiger partial charge in [0.1, 0.15) is 0 Å². The van der Waals surface area contributed by atoms with Crippen molar-refractivity contribution in [3.05, 3.63) is 66.4 Å². The molecule has 1 N–H and O–H groups in total. The molecule has 1 nitrogen and oxygen atoms in total. The Bertz CT molecular complexity index is 413. The maximum absolute atomic E-state index is 3.96. The summed E-state index contributed by atoms with van der Waals surface area (Å²) in [7, 11) is 0. The summed E-state index contributed by atoms with van der Waals surface area (Å²) in [5.41, 5.74) is 3.40. The summed E-state index contributed by atoms with van der Waals surface area (Å²) in [6, 6.07) is 8.34. The molecule has 1 aliphatic heterocycles. The molecule has 0 bridgehead atoms. The smallest absolute Gasteiger partial charge is 0.0419 e. The van der Waals surface area contributed by atoms with E-state index in [2.05, 4.69) is 48.3 Å². The van der Waals surface area contributed by atoms with Gasteiger partial charge in [-0.3, -0.25) is 0 Å². The predicted molar refractivity (Wildman–Crippen MR) is 65.8 cm³/mol. The van der Waals surface area contributed by atoms with Crippen LogP contribution in [0.15, 0.2) is 60.8 Å². The molecular weight excluding hydrogens is 182 g/mol. The standard InChI is InChI=1S/C14H15N/c1-12-8-4-2-3-5-9-13-10-6-7-11-14(13)15-12/h3-8,10-11,15H,1-2,9H2/b5-3?,8-4-. The Balaban J connectivity index is 2.33. The van der Waals surface area contributed by atoms with Gasteiger partial charge >= 0.3 is 0 Å². The van der Waals surface area contributed by atoms with Crippen LogP contribution in [-0.4, -0.2) is 0 Å². The van der Waals surface area contributed by atoms with E-state index in [1.165, 1.54) is 5.56 Å². The first-order valence-corrected chi connectivity index (χ1v) is 5.21. The molecule has 1 aromatic carbocycles. The number of fused-ring (bicyclic) bond motifs is 1. The zero-order chi connectivity index (χ0) is 10.5. The van der Waals surface area contributed by atoms with Crippen molar-refractivity contribution in [2.24, 2.45) is 0 Å². The summed E-state index contributed by atoms with van der Waals surface area (Å²) < 4.78 is 0. The number of rotatable bonds is 0. The van der Waals surface area contributed by atoms with Crippen LogP contribution in [0.25, 0.3) is 0 Å². The molecule has 1 heteroatoms. The van der Waals surface area contributed by atoms with E-state index in [-0.39, 0.29) is 0 Å². The van der Waals surface area contributed by atoms with Gasteiger partial charge in [0.25, 0.3) is 0 Å². The number of benzene rings is 1. The van der Waals surface area contributed by atoms with Gasteiger partial charge in [0.15, 0.2) is 0 Å². The van der Waals surface area contributed by atoms with Gasteiger partial charge in [-0.25, -0.2) is 0 Å². The van der Waals surface area contributed by atoms with E-state index in [1.807, 2.05) is 12.1 Å². The minimum Gasteiger partial charge on any atom is -0.356 e. The van der Waals surface area contributed by atoms with Crippen molar-refractivity contribution >= 4 is 5.69 Å². The average molecular weight is 197 g/mol. The highest BCUT2D eigenvalue weighted by Crippen LogP contribution is 2.18. The first-order chi connectivity index (χ1) is 7.36. The highest BCUT2D eigenvalue weighted by Gasteiger charge is 2.00. The molecule has 1 aromatic rings. The Kier molecular flexibility index (Phi) is 3.03. The molecule has 0 unspecified atom stereocenters. The molecule has 1 heterocycles. The second-order valence-corrected chi connectivity index (χ2v) is 3.62. The van der Waals surface area contributed by atoms with Gasteiger partial charge in [-0.05, 0) is 30.5 Å². The van der Waals surface area contributed by atoms with Gasteiger partial charge in [0.2, 0.25) is 0 Å². The molecule has 0 aliphatic carbocycles. The topological polar surface area (TPSA) is 12.0 Å². The van der Waals surface area contributed by atoms with E-state index >= 15 is 0 Å². The Morgan fingerprint density at radius 1 is 1.07 bits per heavy atom. The van der Waals surface area contributed by atoms with Crippen LogP contribution < -0.4 is 5.32 Å². The lowest BCUT2D eigenvalue weighted by Gasteiger charge is -2.11. The second kappa shape index (κ2) is 4.65. The number of para-hydroxylation sites is 1. The van der Waals surface area contributed by atoms with Crippen LogP contribution in [0.3, 0.4) is 0 Å². The zero-order valence-corrected chi connectivity index (χ0v) is 8.74. The summed E-state index contributed by atoms with van der Waals surface area (Å²) >= 11 is 0. The quantitative estimate of drug-likeness (QED) is 0.626. The van der Waals surface area contributed by atoms with Gasteiger partial charge in [-0.15, -0.1) is 0 Å². The highest BCUT2D eigenvalue weighted by atomic mass is 14.9. The maximum atomic E-state index is 3.96. The van der Waals surface area contributed by atoms with Crippen LogP contribution >= 0.6 is 0 Å². The van der Waals surface area contributed by atoms with Crippen molar-refractivity contribution in [1.82, 2.24) is 0 Å². The largest absolute Gasteiger partial charge is 0.356 e. The predicted octanol–water partition coefficient (Wildman–Crippen LogP) is 3.67. The average Bonchev–Trinajstić information content (AvgIpc) is 2.25. The second-order valence-electron chi connectivity index (χ2n) is 3.62. The van der Waals surface area contributed by atoms with Gasteiger partial charge in [0.05, 0.1) is 0 Å². The third-order valence-corrected chi connectivity index (χ3v) is 2.41. The lowest BCUT2D eigenvalue weighted by Crippen LogP contribution is -1.99. The van der Waals surface area contributed by atoms with E-state index in [0.29, 0.717) is 0 Å². The number of hydrogen-bond donors (Lipinski definition) is 1. The normalized spacial score (nSPS) is 17.7. The number of anilines is 1. The lowest BCUT2D eigenvalue weighted by atomic mass is 10.1. The molecule has 15 heavy (non-hydrogen) atoms. The summed E-state index contributed by atoms with van der Waals surface area (Å²) in [6.45, 7) is 3.96. The molecule has 0 aromatic heterocycles. The third kappa shape index (κ3) is 2.59. The van der Waals surface area contributed by atoms with E-state index in [4.69, 9.17) is 0 Å². The first kappa shape index (κ1) is 9.78. The molecule has 0 atom stereocenters. The Morgan fingerprint density at radius 2 is 1.93 bits per heavy atom. The summed E-state index contributed by atoms with van der Waals surface area (Å²) in [6.07, 6.45) is 10.5. The number of hydrogen-bond acceptors (Lipinski definition) is 1. The third-order valence-electron chi connectivity index (χ3n) is 2.41. The molecule has 1 aliphatic rings. The fourth-order valence-corrected chi connectivity index (χ4v) is 1.63. The van der Waals surface area contributed by atoms with Crippen LogP contribution in [-0.2, 0) is 6.42 Å². The van der Waals surface area contributed by atoms with Crippen LogP contribution in [0.2, 0.25) is 0 Å². The molecule has 0 fully saturated rings. The molecule has 0 radical (unpaired) electrons. The van der Waals surface area contributed by atoms with Gasteiger partial charge in [-0.1, -0.05) is 43.0 Å². The Labute approximate surface area is 90.8 Å². The van der Waals surface area contributed by atoms with Crippen LogP contribution in [0.4, 0.5) is 5.69 Å². The van der Waals surface area contributed by atoms with E-state index in [0.717, 1.165) is 24.2 Å².